The van der Waals surface area contributed by atoms with Gasteiger partial charge in [-0.05, 0) is 48.2 Å². The molecule has 138 valence electrons. The van der Waals surface area contributed by atoms with Gasteiger partial charge in [0.25, 0.3) is 0 Å². The molecule has 0 aliphatic carbocycles. The molecule has 0 radical (unpaired) electrons. The van der Waals surface area contributed by atoms with Crippen molar-refractivity contribution in [3.63, 3.8) is 0 Å². The van der Waals surface area contributed by atoms with Crippen LogP contribution in [0.5, 0.6) is 11.5 Å². The predicted molar refractivity (Wildman–Crippen MR) is 106 cm³/mol. The van der Waals surface area contributed by atoms with E-state index in [0.29, 0.717) is 12.5 Å². The maximum Gasteiger partial charge on any atom is 0.330 e. The molecule has 0 fully saturated rings. The molecule has 0 saturated heterocycles. The highest BCUT2D eigenvalue weighted by atomic mass is 16.5. The van der Waals surface area contributed by atoms with E-state index in [1.165, 1.54) is 18.9 Å². The summed E-state index contributed by atoms with van der Waals surface area (Å²) in [5.41, 5.74) is 0.931. The van der Waals surface area contributed by atoms with Crippen LogP contribution in [0, 0.1) is 5.92 Å². The van der Waals surface area contributed by atoms with E-state index in [2.05, 4.69) is 13.8 Å². The van der Waals surface area contributed by atoms with Crippen molar-refractivity contribution in [2.24, 2.45) is 5.92 Å². The van der Waals surface area contributed by atoms with E-state index in [4.69, 9.17) is 9.47 Å². The van der Waals surface area contributed by atoms with E-state index in [-0.39, 0.29) is 5.97 Å². The zero-order chi connectivity index (χ0) is 18.6. The monoisotopic (exact) mass is 352 g/mol. The van der Waals surface area contributed by atoms with Gasteiger partial charge in [0.1, 0.15) is 11.5 Å². The first-order valence-corrected chi connectivity index (χ1v) is 9.39. The maximum atomic E-state index is 11.9. The third-order valence-corrected chi connectivity index (χ3v) is 4.28. The molecule has 0 amide bonds. The fraction of sp³-hybridized carbons (Fsp3) is 0.348. The van der Waals surface area contributed by atoms with Gasteiger partial charge >= 0.3 is 5.97 Å². The molecule has 0 saturated carbocycles. The van der Waals surface area contributed by atoms with Crippen molar-refractivity contribution in [1.29, 1.82) is 0 Å². The Balaban J connectivity index is 1.81. The van der Waals surface area contributed by atoms with Crippen molar-refractivity contribution < 1.29 is 14.3 Å². The summed E-state index contributed by atoms with van der Waals surface area (Å²) in [4.78, 5) is 11.9. The van der Waals surface area contributed by atoms with E-state index in [0.717, 1.165) is 29.9 Å². The van der Waals surface area contributed by atoms with Gasteiger partial charge in [-0.15, -0.1) is 0 Å². The number of carbonyl (C=O) groups excluding carboxylic acids is 1. The molecule has 0 bridgehead atoms. The Hall–Kier alpha value is -2.55. The van der Waals surface area contributed by atoms with Gasteiger partial charge in [0.05, 0.1) is 6.61 Å². The molecule has 0 N–H and O–H groups in total. The second-order valence-electron chi connectivity index (χ2n) is 6.36. The van der Waals surface area contributed by atoms with Crippen molar-refractivity contribution in [3.05, 3.63) is 66.2 Å². The lowest BCUT2D eigenvalue weighted by Gasteiger charge is -2.13. The molecule has 3 heteroatoms. The molecule has 2 aromatic carbocycles. The number of para-hydroxylation sites is 1. The second kappa shape index (κ2) is 11.1. The predicted octanol–water partition coefficient (Wildman–Crippen LogP) is 6.25. The number of ether oxygens (including phenoxy) is 2. The van der Waals surface area contributed by atoms with Crippen LogP contribution in [0.2, 0.25) is 0 Å². The van der Waals surface area contributed by atoms with Gasteiger partial charge in [0, 0.05) is 6.08 Å². The highest BCUT2D eigenvalue weighted by Gasteiger charge is 2.08. The number of esters is 1. The summed E-state index contributed by atoms with van der Waals surface area (Å²) in [6.07, 6.45) is 7.77. The lowest BCUT2D eigenvalue weighted by atomic mass is 10.0. The van der Waals surface area contributed by atoms with Crippen LogP contribution < -0.4 is 4.74 Å². The first-order valence-electron chi connectivity index (χ1n) is 9.39. The molecular formula is C23H28O3. The van der Waals surface area contributed by atoms with E-state index >= 15 is 0 Å². The van der Waals surface area contributed by atoms with E-state index in [9.17, 15) is 4.79 Å². The first kappa shape index (κ1) is 19.8. The third-order valence-electron chi connectivity index (χ3n) is 4.28. The Morgan fingerprint density at radius 2 is 1.69 bits per heavy atom. The maximum absolute atomic E-state index is 11.9. The Kier molecular flexibility index (Phi) is 8.47. The zero-order valence-corrected chi connectivity index (χ0v) is 15.7. The molecule has 2 aromatic rings. The minimum atomic E-state index is -0.287. The molecule has 1 unspecified atom stereocenters. The molecule has 0 spiro atoms. The van der Waals surface area contributed by atoms with Gasteiger partial charge in [-0.2, -0.15) is 0 Å². The fourth-order valence-electron chi connectivity index (χ4n) is 2.58. The Bertz CT molecular complexity index is 674. The average molecular weight is 352 g/mol. The average Bonchev–Trinajstić information content (AvgIpc) is 2.68. The van der Waals surface area contributed by atoms with E-state index in [1.54, 1.807) is 6.08 Å². The quantitative estimate of drug-likeness (QED) is 0.374. The Morgan fingerprint density at radius 3 is 2.35 bits per heavy atom. The molecule has 0 aliphatic heterocycles. The van der Waals surface area contributed by atoms with Gasteiger partial charge in [-0.25, -0.2) is 4.79 Å². The third kappa shape index (κ3) is 7.14. The summed E-state index contributed by atoms with van der Waals surface area (Å²) in [7, 11) is 0. The highest BCUT2D eigenvalue weighted by Crippen LogP contribution is 2.21. The SMILES string of the molecule is CCCCC(CC)COC(=O)C=Cc1ccc(Oc2ccccc2)cc1. The van der Waals surface area contributed by atoms with Crippen molar-refractivity contribution in [1.82, 2.24) is 0 Å². The topological polar surface area (TPSA) is 35.5 Å². The van der Waals surface area contributed by atoms with Crippen molar-refractivity contribution in [3.8, 4) is 11.5 Å². The summed E-state index contributed by atoms with van der Waals surface area (Å²) in [6, 6.07) is 17.2. The van der Waals surface area contributed by atoms with Crippen molar-refractivity contribution >= 4 is 12.0 Å². The normalized spacial score (nSPS) is 12.1. The molecule has 26 heavy (non-hydrogen) atoms. The minimum absolute atomic E-state index is 0.287. The van der Waals surface area contributed by atoms with Gasteiger partial charge in [-0.1, -0.05) is 63.4 Å². The number of hydrogen-bond acceptors (Lipinski definition) is 3. The van der Waals surface area contributed by atoms with Crippen LogP contribution in [0.25, 0.3) is 6.08 Å². The fourth-order valence-corrected chi connectivity index (χ4v) is 2.58. The molecule has 1 atom stereocenters. The number of unbranched alkanes of at least 4 members (excludes halogenated alkanes) is 1. The summed E-state index contributed by atoms with van der Waals surface area (Å²) >= 11 is 0. The highest BCUT2D eigenvalue weighted by molar-refractivity contribution is 5.87. The van der Waals surface area contributed by atoms with Crippen molar-refractivity contribution in [2.45, 2.75) is 39.5 Å². The van der Waals surface area contributed by atoms with Gasteiger partial charge in [-0.3, -0.25) is 0 Å². The summed E-state index contributed by atoms with van der Waals surface area (Å²) in [6.45, 7) is 4.82. The number of benzene rings is 2. The van der Waals surface area contributed by atoms with Gasteiger partial charge in [0.15, 0.2) is 0 Å². The van der Waals surface area contributed by atoms with Crippen LogP contribution in [0.15, 0.2) is 60.7 Å². The van der Waals surface area contributed by atoms with Crippen LogP contribution in [0.3, 0.4) is 0 Å². The standard InChI is InChI=1S/C23H28O3/c1-3-5-9-19(4-2)18-25-23(24)17-14-20-12-15-22(16-13-20)26-21-10-7-6-8-11-21/h6-8,10-17,19H,3-5,9,18H2,1-2H3. The molecule has 2 rings (SSSR count). The molecule has 3 nitrogen and oxygen atoms in total. The number of rotatable bonds is 10. The summed E-state index contributed by atoms with van der Waals surface area (Å²) < 4.78 is 11.1. The van der Waals surface area contributed by atoms with Crippen molar-refractivity contribution in [2.75, 3.05) is 6.61 Å². The summed E-state index contributed by atoms with van der Waals surface area (Å²) in [5.74, 6) is 1.73. The van der Waals surface area contributed by atoms with Crippen LogP contribution in [-0.4, -0.2) is 12.6 Å². The first-order chi connectivity index (χ1) is 12.7. The molecule has 0 aromatic heterocycles. The zero-order valence-electron chi connectivity index (χ0n) is 15.7. The number of carbonyl (C=O) groups is 1. The molecule has 0 heterocycles. The van der Waals surface area contributed by atoms with E-state index < -0.39 is 0 Å². The largest absolute Gasteiger partial charge is 0.462 e. The van der Waals surface area contributed by atoms with E-state index in [1.807, 2.05) is 54.6 Å². The Morgan fingerprint density at radius 1 is 1.00 bits per heavy atom. The lowest BCUT2D eigenvalue weighted by molar-refractivity contribution is -0.139. The van der Waals surface area contributed by atoms with Crippen LogP contribution in [0.4, 0.5) is 0 Å². The van der Waals surface area contributed by atoms with Gasteiger partial charge in [0.2, 0.25) is 0 Å². The molecule has 0 aliphatic rings. The lowest BCUT2D eigenvalue weighted by Crippen LogP contribution is -2.12. The van der Waals surface area contributed by atoms with Crippen LogP contribution in [-0.2, 0) is 9.53 Å². The Labute approximate surface area is 156 Å². The van der Waals surface area contributed by atoms with Gasteiger partial charge < -0.3 is 9.47 Å². The molecular weight excluding hydrogens is 324 g/mol. The number of hydrogen-bond donors (Lipinski definition) is 0. The van der Waals surface area contributed by atoms with Crippen LogP contribution in [0.1, 0.15) is 45.1 Å². The second-order valence-corrected chi connectivity index (χ2v) is 6.36. The van der Waals surface area contributed by atoms with Crippen LogP contribution >= 0.6 is 0 Å². The smallest absolute Gasteiger partial charge is 0.330 e. The minimum Gasteiger partial charge on any atom is -0.462 e. The summed E-state index contributed by atoms with van der Waals surface area (Å²) in [5, 5.41) is 0.